The molecule has 0 fully saturated rings. The lowest BCUT2D eigenvalue weighted by Gasteiger charge is -2.35. The number of urea groups is 1. The molecular weight excluding hydrogens is 307 g/mol. The molecule has 0 saturated carbocycles. The lowest BCUT2D eigenvalue weighted by molar-refractivity contribution is 0.0969. The summed E-state index contributed by atoms with van der Waals surface area (Å²) in [6.45, 7) is 3.72. The lowest BCUT2D eigenvalue weighted by atomic mass is 9.95. The van der Waals surface area contributed by atoms with Gasteiger partial charge in [0.15, 0.2) is 5.78 Å². The Bertz CT molecular complexity index is 776. The number of hydrogen-bond donors (Lipinski definition) is 1. The minimum atomic E-state index is -0.477. The van der Waals surface area contributed by atoms with E-state index < -0.39 is 5.82 Å². The van der Waals surface area contributed by atoms with Crippen LogP contribution in [0.3, 0.4) is 0 Å². The van der Waals surface area contributed by atoms with Gasteiger partial charge in [-0.3, -0.25) is 9.69 Å². The highest BCUT2D eigenvalue weighted by Gasteiger charge is 2.33. The number of halogens is 1. The molecule has 2 atom stereocenters. The summed E-state index contributed by atoms with van der Waals surface area (Å²) < 4.78 is 13.5. The van der Waals surface area contributed by atoms with E-state index in [1.807, 2.05) is 44.2 Å². The van der Waals surface area contributed by atoms with E-state index in [1.165, 1.54) is 23.1 Å². The van der Waals surface area contributed by atoms with Crippen molar-refractivity contribution in [2.45, 2.75) is 32.4 Å². The maximum Gasteiger partial charge on any atom is 0.322 e. The Labute approximate surface area is 140 Å². The van der Waals surface area contributed by atoms with Crippen LogP contribution in [-0.2, 0) is 0 Å². The van der Waals surface area contributed by atoms with Crippen LogP contribution in [0.2, 0.25) is 0 Å². The first-order valence-electron chi connectivity index (χ1n) is 7.95. The van der Waals surface area contributed by atoms with Gasteiger partial charge in [0.1, 0.15) is 5.82 Å². The van der Waals surface area contributed by atoms with Crippen LogP contribution in [0.5, 0.6) is 0 Å². The van der Waals surface area contributed by atoms with Crippen molar-refractivity contribution in [2.24, 2.45) is 0 Å². The van der Waals surface area contributed by atoms with Crippen molar-refractivity contribution in [2.75, 3.05) is 4.90 Å². The molecule has 124 valence electrons. The first-order valence-corrected chi connectivity index (χ1v) is 7.95. The molecule has 0 radical (unpaired) electrons. The third-order valence-electron chi connectivity index (χ3n) is 4.30. The molecule has 1 aliphatic heterocycles. The molecule has 24 heavy (non-hydrogen) atoms. The molecular formula is C19H19FN2O2. The maximum absolute atomic E-state index is 13.5. The third kappa shape index (κ3) is 3.02. The zero-order valence-electron chi connectivity index (χ0n) is 13.6. The van der Waals surface area contributed by atoms with Crippen LogP contribution >= 0.6 is 0 Å². The smallest absolute Gasteiger partial charge is 0.322 e. The van der Waals surface area contributed by atoms with E-state index in [4.69, 9.17) is 0 Å². The monoisotopic (exact) mass is 326 g/mol. The number of fused-ring (bicyclic) bond motifs is 1. The van der Waals surface area contributed by atoms with Crippen LogP contribution in [0.4, 0.5) is 14.9 Å². The van der Waals surface area contributed by atoms with Gasteiger partial charge in [-0.15, -0.1) is 0 Å². The fourth-order valence-corrected chi connectivity index (χ4v) is 3.04. The first kappa shape index (κ1) is 16.2. The summed E-state index contributed by atoms with van der Waals surface area (Å²) in [5, 5.41) is 2.95. The number of hydrogen-bond acceptors (Lipinski definition) is 2. The molecule has 2 aromatic carbocycles. The van der Waals surface area contributed by atoms with E-state index in [9.17, 15) is 14.0 Å². The highest BCUT2D eigenvalue weighted by molar-refractivity contribution is 6.09. The molecule has 2 amide bonds. The largest absolute Gasteiger partial charge is 0.331 e. The molecule has 5 heteroatoms. The van der Waals surface area contributed by atoms with Gasteiger partial charge >= 0.3 is 6.03 Å². The topological polar surface area (TPSA) is 49.4 Å². The van der Waals surface area contributed by atoms with E-state index >= 15 is 0 Å². The van der Waals surface area contributed by atoms with Gasteiger partial charge in [-0.2, -0.15) is 0 Å². The summed E-state index contributed by atoms with van der Waals surface area (Å²) in [7, 11) is 0. The second-order valence-corrected chi connectivity index (χ2v) is 6.09. The Kier molecular flexibility index (Phi) is 4.34. The number of anilines is 1. The van der Waals surface area contributed by atoms with Crippen molar-refractivity contribution in [1.82, 2.24) is 5.32 Å². The molecule has 1 heterocycles. The van der Waals surface area contributed by atoms with Gasteiger partial charge in [0.25, 0.3) is 0 Å². The van der Waals surface area contributed by atoms with Crippen LogP contribution in [-0.4, -0.2) is 17.9 Å². The molecule has 1 N–H and O–H groups in total. The first-order chi connectivity index (χ1) is 11.5. The number of amides is 2. The average molecular weight is 326 g/mol. The van der Waals surface area contributed by atoms with Crippen molar-refractivity contribution in [3.05, 3.63) is 65.5 Å². The summed E-state index contributed by atoms with van der Waals surface area (Å²) in [6.07, 6.45) is 0.184. The van der Waals surface area contributed by atoms with Gasteiger partial charge in [-0.25, -0.2) is 9.18 Å². The quantitative estimate of drug-likeness (QED) is 0.904. The van der Waals surface area contributed by atoms with Gasteiger partial charge in [-0.1, -0.05) is 30.3 Å². The molecule has 0 saturated heterocycles. The molecule has 0 aliphatic carbocycles. The van der Waals surface area contributed by atoms with Crippen LogP contribution < -0.4 is 10.2 Å². The van der Waals surface area contributed by atoms with Crippen molar-refractivity contribution in [3.8, 4) is 0 Å². The minimum absolute atomic E-state index is 0.142. The van der Waals surface area contributed by atoms with Gasteiger partial charge < -0.3 is 5.32 Å². The number of Topliss-reactive ketones (excluding diaryl/α,β-unsaturated/α-hetero) is 1. The molecule has 3 rings (SSSR count). The van der Waals surface area contributed by atoms with E-state index in [-0.39, 0.29) is 35.9 Å². The number of rotatable bonds is 2. The van der Waals surface area contributed by atoms with Crippen molar-refractivity contribution in [1.29, 1.82) is 0 Å². The van der Waals surface area contributed by atoms with Crippen LogP contribution in [0.1, 0.15) is 42.2 Å². The van der Waals surface area contributed by atoms with Crippen LogP contribution in [0.15, 0.2) is 48.5 Å². The van der Waals surface area contributed by atoms with Crippen LogP contribution in [0, 0.1) is 5.82 Å². The van der Waals surface area contributed by atoms with Gasteiger partial charge in [0.2, 0.25) is 0 Å². The summed E-state index contributed by atoms with van der Waals surface area (Å²) in [5.74, 6) is -0.619. The van der Waals surface area contributed by atoms with Gasteiger partial charge in [0, 0.05) is 18.0 Å². The Hall–Kier alpha value is -2.69. The zero-order valence-corrected chi connectivity index (χ0v) is 13.6. The SMILES string of the molecule is C[C@H](NC(=O)N1c2ccc(F)cc2C(=O)C[C@@H]1C)c1ccccc1. The Morgan fingerprint density at radius 1 is 1.25 bits per heavy atom. The second kappa shape index (κ2) is 6.43. The summed E-state index contributed by atoms with van der Waals surface area (Å²) >= 11 is 0. The van der Waals surface area contributed by atoms with Crippen LogP contribution in [0.25, 0.3) is 0 Å². The normalized spacial score (nSPS) is 18.0. The minimum Gasteiger partial charge on any atom is -0.331 e. The summed E-state index contributed by atoms with van der Waals surface area (Å²) in [6, 6.07) is 12.8. The third-order valence-corrected chi connectivity index (χ3v) is 4.30. The number of nitrogens with zero attached hydrogens (tertiary/aromatic N) is 1. The number of carbonyl (C=O) groups is 2. The number of nitrogens with one attached hydrogen (secondary N) is 1. The van der Waals surface area contributed by atoms with E-state index in [0.717, 1.165) is 5.56 Å². The fraction of sp³-hybridized carbons (Fsp3) is 0.263. The molecule has 4 nitrogen and oxygen atoms in total. The Balaban J connectivity index is 1.87. The second-order valence-electron chi connectivity index (χ2n) is 6.09. The van der Waals surface area contributed by atoms with E-state index in [1.54, 1.807) is 0 Å². The lowest BCUT2D eigenvalue weighted by Crippen LogP contribution is -2.49. The maximum atomic E-state index is 13.5. The number of ketones is 1. The van der Waals surface area contributed by atoms with E-state index in [2.05, 4.69) is 5.32 Å². The molecule has 0 bridgehead atoms. The molecule has 2 aromatic rings. The van der Waals surface area contributed by atoms with Gasteiger partial charge in [0.05, 0.1) is 11.7 Å². The van der Waals surface area contributed by atoms with Crippen molar-refractivity contribution in [3.63, 3.8) is 0 Å². The summed E-state index contributed by atoms with van der Waals surface area (Å²) in [5.41, 5.74) is 1.71. The number of benzene rings is 2. The molecule has 0 unspecified atom stereocenters. The predicted octanol–water partition coefficient (Wildman–Crippen LogP) is 4.08. The zero-order chi connectivity index (χ0) is 17.3. The van der Waals surface area contributed by atoms with E-state index in [0.29, 0.717) is 5.69 Å². The predicted molar refractivity (Wildman–Crippen MR) is 90.7 cm³/mol. The van der Waals surface area contributed by atoms with Gasteiger partial charge in [-0.05, 0) is 37.6 Å². The number of carbonyl (C=O) groups excluding carboxylic acids is 2. The highest BCUT2D eigenvalue weighted by atomic mass is 19.1. The average Bonchev–Trinajstić information content (AvgIpc) is 2.56. The Morgan fingerprint density at radius 2 is 1.96 bits per heavy atom. The van der Waals surface area contributed by atoms with Crippen molar-refractivity contribution < 1.29 is 14.0 Å². The fourth-order valence-electron chi connectivity index (χ4n) is 3.04. The Morgan fingerprint density at radius 3 is 2.67 bits per heavy atom. The molecule has 0 spiro atoms. The molecule has 0 aromatic heterocycles. The standard InChI is InChI=1S/C19H19FN2O2/c1-12-10-18(23)16-11-15(20)8-9-17(16)22(12)19(24)21-13(2)14-6-4-3-5-7-14/h3-9,11-13H,10H2,1-2H3,(H,21,24)/t12-,13-/m0/s1. The molecule has 1 aliphatic rings. The summed E-state index contributed by atoms with van der Waals surface area (Å²) in [4.78, 5) is 26.4. The van der Waals surface area contributed by atoms with Crippen molar-refractivity contribution >= 4 is 17.5 Å². The highest BCUT2D eigenvalue weighted by Crippen LogP contribution is 2.31.